The molecule has 2 fully saturated rings. The van der Waals surface area contributed by atoms with E-state index in [9.17, 15) is 62.3 Å². The fourth-order valence-electron chi connectivity index (χ4n) is 9.10. The Labute approximate surface area is 401 Å². The van der Waals surface area contributed by atoms with Gasteiger partial charge >= 0.3 is 36.1 Å². The number of halogens is 12. The van der Waals surface area contributed by atoms with Crippen LogP contribution < -0.4 is 16.7 Å². The molecule has 1 saturated heterocycles. The zero-order valence-electron chi connectivity index (χ0n) is 38.3. The van der Waals surface area contributed by atoms with Gasteiger partial charge in [-0.05, 0) is 132 Å². The molecule has 0 bridgehead atoms. The quantitative estimate of drug-likeness (QED) is 0.102. The topological polar surface area (TPSA) is 158 Å². The van der Waals surface area contributed by atoms with Gasteiger partial charge in [-0.2, -0.15) is 62.0 Å². The monoisotopic (exact) mass is 1030 g/mol. The van der Waals surface area contributed by atoms with Crippen molar-refractivity contribution in [2.24, 2.45) is 0 Å². The van der Waals surface area contributed by atoms with Gasteiger partial charge < -0.3 is 14.8 Å². The lowest BCUT2D eigenvalue weighted by Gasteiger charge is -2.42. The SMILES string of the molecule is C[C@@H](OCC1(c2ccccc2)CCC(n2nn[nH]c2=O)CC1)c1cc(C(F)(F)F)cc(C(F)(F)F)c1.C[C@@H](OC[C@@]1(c2ccccc2)CCC(n2nn[nH]c2=O)CN1)c1cc(C(F)(F)F)cc(C(F)(F)F)c1. The van der Waals surface area contributed by atoms with Crippen LogP contribution in [0.3, 0.4) is 0 Å². The number of rotatable bonds is 12. The molecule has 2 aromatic heterocycles. The summed E-state index contributed by atoms with van der Waals surface area (Å²) in [6, 6.07) is 21.1. The van der Waals surface area contributed by atoms with Crippen molar-refractivity contribution >= 4 is 0 Å². The minimum atomic E-state index is -4.94. The molecule has 1 saturated carbocycles. The Kier molecular flexibility index (Phi) is 15.6. The summed E-state index contributed by atoms with van der Waals surface area (Å²) in [4.78, 5) is 23.8. The van der Waals surface area contributed by atoms with E-state index in [0.29, 0.717) is 69.3 Å². The minimum Gasteiger partial charge on any atom is -0.373 e. The van der Waals surface area contributed by atoms with Gasteiger partial charge in [0.15, 0.2) is 0 Å². The van der Waals surface area contributed by atoms with E-state index in [1.807, 2.05) is 60.7 Å². The normalized spacial score (nSPS) is 21.9. The van der Waals surface area contributed by atoms with Crippen LogP contribution in [-0.4, -0.2) is 60.2 Å². The van der Waals surface area contributed by atoms with E-state index in [-0.39, 0.29) is 48.6 Å². The van der Waals surface area contributed by atoms with Crippen LogP contribution in [0.15, 0.2) is 107 Å². The van der Waals surface area contributed by atoms with Crippen molar-refractivity contribution in [2.45, 2.75) is 112 Å². The van der Waals surface area contributed by atoms with Crippen LogP contribution >= 0.6 is 0 Å². The molecule has 3 N–H and O–H groups in total. The highest BCUT2D eigenvalue weighted by Crippen LogP contribution is 2.45. The number of nitrogens with one attached hydrogen (secondary N) is 3. The fourth-order valence-corrected chi connectivity index (χ4v) is 9.10. The van der Waals surface area contributed by atoms with Crippen LogP contribution in [-0.2, 0) is 45.1 Å². The number of aromatic nitrogens is 8. The second-order valence-corrected chi connectivity index (χ2v) is 17.9. The Morgan fingerprint density at radius 2 is 0.944 bits per heavy atom. The standard InChI is InChI=1S/C24H24F6N4O2.C23H23F6N5O2/c1-15(16-11-18(23(25,26)27)13-19(12-16)24(28,29)30)36-14-22(17-5-3-2-4-6-17)9-7-20(8-10-22)34-21(35)31-32-33-34;1-14(15-9-17(22(24,25)26)11-18(10-15)23(27,28)29)36-13-21(16-5-3-2-4-6-16)8-7-19(12-30-21)34-20(35)31-32-33-34/h2-6,11-13,15,20H,7-10,14H2,1H3,(H,31,33,35);2-6,9-11,14,19,30H,7-8,12-13H2,1H3,(H,31,33,35)/t15-,20?,22?;14-,19?,21-/m11/s1. The second-order valence-electron chi connectivity index (χ2n) is 17.9. The molecule has 8 rings (SSSR count). The molecule has 25 heteroatoms. The summed E-state index contributed by atoms with van der Waals surface area (Å²) in [5, 5.41) is 22.5. The number of aromatic amines is 2. The van der Waals surface area contributed by atoms with Gasteiger partial charge in [-0.3, -0.25) is 0 Å². The largest absolute Gasteiger partial charge is 0.416 e. The van der Waals surface area contributed by atoms with Crippen molar-refractivity contribution in [1.29, 1.82) is 0 Å². The van der Waals surface area contributed by atoms with Crippen molar-refractivity contribution in [3.05, 3.63) is 163 Å². The van der Waals surface area contributed by atoms with E-state index in [1.165, 1.54) is 23.2 Å². The zero-order chi connectivity index (χ0) is 52.3. The maximum Gasteiger partial charge on any atom is 0.416 e. The summed E-state index contributed by atoms with van der Waals surface area (Å²) < 4.78 is 174. The first-order valence-corrected chi connectivity index (χ1v) is 22.5. The molecule has 2 aliphatic rings. The number of hydrogen-bond acceptors (Lipinski definition) is 9. The molecule has 1 unspecified atom stereocenters. The van der Waals surface area contributed by atoms with Crippen molar-refractivity contribution < 1.29 is 62.2 Å². The molecular weight excluding hydrogens is 983 g/mol. The summed E-state index contributed by atoms with van der Waals surface area (Å²) in [7, 11) is 0. The van der Waals surface area contributed by atoms with E-state index >= 15 is 0 Å². The lowest BCUT2D eigenvalue weighted by atomic mass is 9.68. The first-order chi connectivity index (χ1) is 33.8. The molecule has 4 aromatic carbocycles. The van der Waals surface area contributed by atoms with Crippen molar-refractivity contribution in [2.75, 3.05) is 19.8 Å². The molecule has 6 aromatic rings. The molecule has 1 aliphatic carbocycles. The highest BCUT2D eigenvalue weighted by molar-refractivity contribution is 5.36. The maximum absolute atomic E-state index is 13.3. The number of benzene rings is 4. The highest BCUT2D eigenvalue weighted by atomic mass is 19.4. The number of ether oxygens (including phenoxy) is 2. The van der Waals surface area contributed by atoms with Gasteiger partial charge in [0.1, 0.15) is 0 Å². The Balaban J connectivity index is 0.000000211. The zero-order valence-corrected chi connectivity index (χ0v) is 38.3. The molecule has 388 valence electrons. The van der Waals surface area contributed by atoms with Gasteiger partial charge in [0.25, 0.3) is 0 Å². The summed E-state index contributed by atoms with van der Waals surface area (Å²) in [5.41, 5.74) is -6.38. The average Bonchev–Trinajstić information content (AvgIpc) is 3.99. The molecular formula is C47H47F12N9O4. The Hall–Kier alpha value is -6.34. The van der Waals surface area contributed by atoms with Gasteiger partial charge in [-0.15, -0.1) is 0 Å². The van der Waals surface area contributed by atoms with Crippen LogP contribution in [0.25, 0.3) is 0 Å². The van der Waals surface area contributed by atoms with Crippen molar-refractivity contribution in [1.82, 2.24) is 45.7 Å². The van der Waals surface area contributed by atoms with Gasteiger partial charge in [0.05, 0.1) is 65.3 Å². The Bertz CT molecular complexity index is 2590. The molecule has 13 nitrogen and oxygen atoms in total. The summed E-state index contributed by atoms with van der Waals surface area (Å²) >= 11 is 0. The third-order valence-corrected chi connectivity index (χ3v) is 13.2. The van der Waals surface area contributed by atoms with E-state index in [1.54, 1.807) is 0 Å². The Morgan fingerprint density at radius 1 is 0.556 bits per heavy atom. The Morgan fingerprint density at radius 3 is 1.32 bits per heavy atom. The molecule has 1 aliphatic heterocycles. The predicted octanol–water partition coefficient (Wildman–Crippen LogP) is 10.4. The summed E-state index contributed by atoms with van der Waals surface area (Å²) in [6.07, 6.45) is -18.6. The molecule has 72 heavy (non-hydrogen) atoms. The number of piperidine rings is 1. The van der Waals surface area contributed by atoms with E-state index in [4.69, 9.17) is 9.47 Å². The number of alkyl halides is 12. The lowest BCUT2D eigenvalue weighted by Crippen LogP contribution is -2.53. The van der Waals surface area contributed by atoms with Crippen molar-refractivity contribution in [3.63, 3.8) is 0 Å². The fraction of sp³-hybridized carbons (Fsp3) is 0.447. The summed E-state index contributed by atoms with van der Waals surface area (Å²) in [6.45, 7) is 3.22. The first-order valence-electron chi connectivity index (χ1n) is 22.5. The minimum absolute atomic E-state index is 0.0315. The molecule has 0 spiro atoms. The van der Waals surface area contributed by atoms with Crippen LogP contribution in [0.2, 0.25) is 0 Å². The van der Waals surface area contributed by atoms with Gasteiger partial charge in [-0.25, -0.2) is 19.8 Å². The molecule has 3 heterocycles. The molecule has 0 amide bonds. The second kappa shape index (κ2) is 21.0. The highest BCUT2D eigenvalue weighted by Gasteiger charge is 2.43. The molecule has 4 atom stereocenters. The van der Waals surface area contributed by atoms with Crippen LogP contribution in [0.1, 0.15) is 121 Å². The third kappa shape index (κ3) is 12.5. The van der Waals surface area contributed by atoms with Crippen LogP contribution in [0.5, 0.6) is 0 Å². The molecule has 0 radical (unpaired) electrons. The average molecular weight is 1030 g/mol. The predicted molar refractivity (Wildman–Crippen MR) is 233 cm³/mol. The lowest BCUT2D eigenvalue weighted by molar-refractivity contribution is -0.145. The van der Waals surface area contributed by atoms with E-state index in [0.717, 1.165) is 11.1 Å². The van der Waals surface area contributed by atoms with E-state index in [2.05, 4.69) is 36.4 Å². The number of H-pyrrole nitrogens is 2. The smallest absolute Gasteiger partial charge is 0.373 e. The number of nitrogens with zero attached hydrogens (tertiary/aromatic N) is 6. The number of tetrazole rings is 2. The van der Waals surface area contributed by atoms with Crippen LogP contribution in [0.4, 0.5) is 52.7 Å². The van der Waals surface area contributed by atoms with Gasteiger partial charge in [0.2, 0.25) is 0 Å². The third-order valence-electron chi connectivity index (χ3n) is 13.2. The van der Waals surface area contributed by atoms with Gasteiger partial charge in [0, 0.05) is 12.0 Å². The van der Waals surface area contributed by atoms with Crippen LogP contribution in [0, 0.1) is 0 Å². The maximum atomic E-state index is 13.3. The van der Waals surface area contributed by atoms with Gasteiger partial charge in [-0.1, -0.05) is 60.7 Å². The first kappa shape index (κ1) is 53.5. The summed E-state index contributed by atoms with van der Waals surface area (Å²) in [5.74, 6) is 0. The number of hydrogen-bond donors (Lipinski definition) is 3. The van der Waals surface area contributed by atoms with E-state index < -0.39 is 81.5 Å². The van der Waals surface area contributed by atoms with Crippen molar-refractivity contribution in [3.8, 4) is 0 Å².